The minimum atomic E-state index is 0.676. The summed E-state index contributed by atoms with van der Waals surface area (Å²) in [4.78, 5) is 21.2. The summed E-state index contributed by atoms with van der Waals surface area (Å²) < 4.78 is 2.13. The largest absolute Gasteiger partial charge is 0.306 e. The SMILES string of the molecule is c1ccc(-c2ccc(-c3nc(-c4ccccc4)c(-c4ccc(-c5nc6ccccc6c6c5ccn5cc(-c7ccccc7)nc65)cc4)c(-c4ccccc4)n3)cc2)cc1. The predicted molar refractivity (Wildman–Crippen MR) is 242 cm³/mol. The molecule has 5 heteroatoms. The number of aromatic nitrogens is 5. The number of hydrogen-bond donors (Lipinski definition) is 0. The molecule has 11 rings (SSSR count). The third-order valence-electron chi connectivity index (χ3n) is 11.1. The summed E-state index contributed by atoms with van der Waals surface area (Å²) in [6.45, 7) is 0. The molecule has 0 aliphatic rings. The van der Waals surface area contributed by atoms with E-state index in [9.17, 15) is 0 Å². The van der Waals surface area contributed by atoms with Gasteiger partial charge in [-0.3, -0.25) is 0 Å². The van der Waals surface area contributed by atoms with E-state index < -0.39 is 0 Å². The molecule has 0 saturated carbocycles. The Morgan fingerprint density at radius 1 is 0.322 bits per heavy atom. The second kappa shape index (κ2) is 14.5. The van der Waals surface area contributed by atoms with Crippen molar-refractivity contribution in [2.75, 3.05) is 0 Å². The van der Waals surface area contributed by atoms with E-state index in [2.05, 4.69) is 187 Å². The van der Waals surface area contributed by atoms with Crippen molar-refractivity contribution in [3.05, 3.63) is 213 Å². The number of rotatable bonds is 7. The first-order chi connectivity index (χ1) is 29.2. The Labute approximate surface area is 341 Å². The molecule has 0 N–H and O–H groups in total. The maximum Gasteiger partial charge on any atom is 0.160 e. The van der Waals surface area contributed by atoms with E-state index in [1.54, 1.807) is 0 Å². The highest BCUT2D eigenvalue weighted by atomic mass is 15.0. The quantitative estimate of drug-likeness (QED) is 0.152. The van der Waals surface area contributed by atoms with Crippen molar-refractivity contribution in [3.8, 4) is 78.7 Å². The number of para-hydroxylation sites is 1. The van der Waals surface area contributed by atoms with Gasteiger partial charge in [-0.05, 0) is 28.8 Å². The second-order valence-corrected chi connectivity index (χ2v) is 14.7. The second-order valence-electron chi connectivity index (χ2n) is 14.7. The number of hydrogen-bond acceptors (Lipinski definition) is 4. The lowest BCUT2D eigenvalue weighted by Crippen LogP contribution is -2.01. The first-order valence-electron chi connectivity index (χ1n) is 19.8. The fourth-order valence-electron chi connectivity index (χ4n) is 8.16. The third-order valence-corrected chi connectivity index (χ3v) is 11.1. The van der Waals surface area contributed by atoms with Gasteiger partial charge >= 0.3 is 0 Å². The molecule has 4 aromatic heterocycles. The van der Waals surface area contributed by atoms with E-state index in [4.69, 9.17) is 19.9 Å². The fraction of sp³-hybridized carbons (Fsp3) is 0. The van der Waals surface area contributed by atoms with Crippen LogP contribution in [0.5, 0.6) is 0 Å². The summed E-state index contributed by atoms with van der Waals surface area (Å²) in [6.07, 6.45) is 4.20. The molecule has 0 spiro atoms. The van der Waals surface area contributed by atoms with Gasteiger partial charge in [0.1, 0.15) is 5.65 Å². The van der Waals surface area contributed by atoms with Crippen molar-refractivity contribution in [2.24, 2.45) is 0 Å². The smallest absolute Gasteiger partial charge is 0.160 e. The average molecular weight is 754 g/mol. The summed E-state index contributed by atoms with van der Waals surface area (Å²) in [5.41, 5.74) is 14.8. The van der Waals surface area contributed by atoms with E-state index in [1.807, 2.05) is 30.3 Å². The Kier molecular flexibility index (Phi) is 8.41. The van der Waals surface area contributed by atoms with Gasteiger partial charge in [-0.15, -0.1) is 0 Å². The van der Waals surface area contributed by atoms with Crippen LogP contribution in [0.2, 0.25) is 0 Å². The lowest BCUT2D eigenvalue weighted by atomic mass is 9.92. The standard InChI is InChI=1S/C54H35N5/c1-5-15-36(16-6-1)37-25-31-43(32-26-37)53-57-51(40-19-9-3-10-20-40)48(52(58-53)41-21-11-4-12-22-41)39-27-29-42(30-28-39)50-45-33-34-59-35-47(38-17-7-2-8-18-38)56-54(59)49(45)44-23-13-14-24-46(44)55-50/h1-35H. The Bertz CT molecular complexity index is 3210. The van der Waals surface area contributed by atoms with Crippen LogP contribution in [0.15, 0.2) is 213 Å². The molecule has 0 unspecified atom stereocenters. The van der Waals surface area contributed by atoms with E-state index in [1.165, 1.54) is 5.56 Å². The number of imidazole rings is 1. The van der Waals surface area contributed by atoms with Crippen molar-refractivity contribution >= 4 is 27.3 Å². The van der Waals surface area contributed by atoms with Crippen LogP contribution in [0, 0.1) is 0 Å². The summed E-state index contributed by atoms with van der Waals surface area (Å²) in [5.74, 6) is 0.676. The monoisotopic (exact) mass is 753 g/mol. The Morgan fingerprint density at radius 3 is 1.42 bits per heavy atom. The molecule has 0 radical (unpaired) electrons. The molecule has 59 heavy (non-hydrogen) atoms. The lowest BCUT2D eigenvalue weighted by Gasteiger charge is -2.17. The van der Waals surface area contributed by atoms with Crippen LogP contribution in [0.4, 0.5) is 0 Å². The zero-order chi connectivity index (χ0) is 39.1. The first-order valence-corrected chi connectivity index (χ1v) is 19.8. The summed E-state index contributed by atoms with van der Waals surface area (Å²) in [6, 6.07) is 69.4. The molecule has 0 saturated heterocycles. The highest BCUT2D eigenvalue weighted by Gasteiger charge is 2.21. The minimum Gasteiger partial charge on any atom is -0.306 e. The molecule has 11 aromatic rings. The fourth-order valence-corrected chi connectivity index (χ4v) is 8.16. The van der Waals surface area contributed by atoms with Gasteiger partial charge in [0, 0.05) is 61.9 Å². The van der Waals surface area contributed by atoms with Crippen LogP contribution < -0.4 is 0 Å². The molecule has 5 nitrogen and oxygen atoms in total. The molecule has 0 amide bonds. The van der Waals surface area contributed by atoms with Crippen LogP contribution in [0.25, 0.3) is 106 Å². The van der Waals surface area contributed by atoms with Crippen molar-refractivity contribution in [1.29, 1.82) is 0 Å². The summed E-state index contributed by atoms with van der Waals surface area (Å²) in [5, 5.41) is 3.21. The van der Waals surface area contributed by atoms with Crippen LogP contribution in [-0.4, -0.2) is 24.3 Å². The zero-order valence-electron chi connectivity index (χ0n) is 31.9. The molecular formula is C54H35N5. The third kappa shape index (κ3) is 6.22. The first kappa shape index (κ1) is 34.2. The Hall–Kier alpha value is -8.02. The maximum absolute atomic E-state index is 5.35. The van der Waals surface area contributed by atoms with Crippen molar-refractivity contribution in [3.63, 3.8) is 0 Å². The zero-order valence-corrected chi connectivity index (χ0v) is 31.9. The maximum atomic E-state index is 5.35. The van der Waals surface area contributed by atoms with Gasteiger partial charge in [-0.25, -0.2) is 19.9 Å². The van der Waals surface area contributed by atoms with Gasteiger partial charge in [-0.2, -0.15) is 0 Å². The molecule has 276 valence electrons. The predicted octanol–water partition coefficient (Wildman–Crippen LogP) is 13.5. The Morgan fingerprint density at radius 2 is 0.797 bits per heavy atom. The molecule has 0 bridgehead atoms. The summed E-state index contributed by atoms with van der Waals surface area (Å²) >= 11 is 0. The van der Waals surface area contributed by atoms with E-state index in [0.29, 0.717) is 5.82 Å². The Balaban J connectivity index is 1.08. The summed E-state index contributed by atoms with van der Waals surface area (Å²) in [7, 11) is 0. The van der Waals surface area contributed by atoms with Crippen LogP contribution >= 0.6 is 0 Å². The molecular weight excluding hydrogens is 719 g/mol. The van der Waals surface area contributed by atoms with Crippen molar-refractivity contribution in [1.82, 2.24) is 24.3 Å². The van der Waals surface area contributed by atoms with Gasteiger partial charge in [0.2, 0.25) is 0 Å². The number of fused-ring (bicyclic) bond motifs is 5. The number of benzene rings is 7. The number of pyridine rings is 2. The highest BCUT2D eigenvalue weighted by Crippen LogP contribution is 2.42. The molecule has 7 aromatic carbocycles. The van der Waals surface area contributed by atoms with Crippen LogP contribution in [0.3, 0.4) is 0 Å². The van der Waals surface area contributed by atoms with E-state index >= 15 is 0 Å². The van der Waals surface area contributed by atoms with Gasteiger partial charge in [0.15, 0.2) is 5.82 Å². The normalized spacial score (nSPS) is 11.4. The molecule has 0 aliphatic heterocycles. The molecule has 0 atom stereocenters. The van der Waals surface area contributed by atoms with Gasteiger partial charge < -0.3 is 4.40 Å². The van der Waals surface area contributed by atoms with Crippen molar-refractivity contribution in [2.45, 2.75) is 0 Å². The van der Waals surface area contributed by atoms with Gasteiger partial charge in [0.05, 0.1) is 28.3 Å². The van der Waals surface area contributed by atoms with Crippen LogP contribution in [-0.2, 0) is 0 Å². The average Bonchev–Trinajstić information content (AvgIpc) is 3.77. The topological polar surface area (TPSA) is 56.0 Å². The number of nitrogens with zero attached hydrogens (tertiary/aromatic N) is 5. The van der Waals surface area contributed by atoms with E-state index in [-0.39, 0.29) is 0 Å². The van der Waals surface area contributed by atoms with E-state index in [0.717, 1.165) is 94.6 Å². The minimum absolute atomic E-state index is 0.676. The highest BCUT2D eigenvalue weighted by molar-refractivity contribution is 6.16. The molecule has 4 heterocycles. The van der Waals surface area contributed by atoms with Crippen molar-refractivity contribution < 1.29 is 0 Å². The lowest BCUT2D eigenvalue weighted by molar-refractivity contribution is 1.18. The molecule has 0 aliphatic carbocycles. The molecule has 0 fully saturated rings. The van der Waals surface area contributed by atoms with Crippen LogP contribution in [0.1, 0.15) is 0 Å². The van der Waals surface area contributed by atoms with Gasteiger partial charge in [0.25, 0.3) is 0 Å². The van der Waals surface area contributed by atoms with Gasteiger partial charge in [-0.1, -0.05) is 188 Å².